The molecular formula is C10H20ClNO2S. The van der Waals surface area contributed by atoms with Crippen molar-refractivity contribution < 1.29 is 8.42 Å². The van der Waals surface area contributed by atoms with E-state index in [2.05, 4.69) is 5.32 Å². The number of sulfone groups is 1. The summed E-state index contributed by atoms with van der Waals surface area (Å²) in [6.45, 7) is 4.29. The van der Waals surface area contributed by atoms with Crippen LogP contribution in [0.3, 0.4) is 0 Å². The molecule has 0 saturated carbocycles. The third-order valence-corrected chi connectivity index (χ3v) is 6.01. The van der Waals surface area contributed by atoms with Crippen LogP contribution >= 0.6 is 11.6 Å². The lowest BCUT2D eigenvalue weighted by Crippen LogP contribution is -2.38. The van der Waals surface area contributed by atoms with Crippen molar-refractivity contribution in [2.75, 3.05) is 6.54 Å². The van der Waals surface area contributed by atoms with Gasteiger partial charge in [0.05, 0.1) is 5.25 Å². The van der Waals surface area contributed by atoms with Crippen molar-refractivity contribution in [3.05, 3.63) is 0 Å². The molecule has 1 saturated heterocycles. The molecule has 1 aliphatic rings. The normalized spacial score (nSPS) is 27.3. The van der Waals surface area contributed by atoms with Crippen molar-refractivity contribution in [2.45, 2.75) is 55.5 Å². The molecule has 90 valence electrons. The summed E-state index contributed by atoms with van der Waals surface area (Å²) in [5.74, 6) is 0. The highest BCUT2D eigenvalue weighted by atomic mass is 35.5. The van der Waals surface area contributed by atoms with Gasteiger partial charge in [-0.3, -0.25) is 0 Å². The maximum Gasteiger partial charge on any atom is 0.169 e. The summed E-state index contributed by atoms with van der Waals surface area (Å²) < 4.78 is 22.7. The lowest BCUT2D eigenvalue weighted by molar-refractivity contribution is 0.379. The summed E-state index contributed by atoms with van der Waals surface area (Å²) in [5, 5.41) is 3.01. The number of nitrogens with one attached hydrogen (secondary N) is 1. The first-order chi connectivity index (χ1) is 6.94. The summed E-state index contributed by atoms with van der Waals surface area (Å²) in [6, 6.07) is 0.346. The Morgan fingerprint density at radius 2 is 2.07 bits per heavy atom. The molecule has 0 radical (unpaired) electrons. The molecule has 0 aromatic rings. The van der Waals surface area contributed by atoms with Crippen molar-refractivity contribution in [1.29, 1.82) is 0 Å². The average Bonchev–Trinajstić information content (AvgIpc) is 2.18. The number of piperidine rings is 1. The predicted molar refractivity (Wildman–Crippen MR) is 64.0 cm³/mol. The highest BCUT2D eigenvalue weighted by Gasteiger charge is 2.28. The van der Waals surface area contributed by atoms with Crippen LogP contribution in [0.2, 0.25) is 0 Å². The molecule has 1 fully saturated rings. The van der Waals surface area contributed by atoms with Gasteiger partial charge in [-0.2, -0.15) is 0 Å². The van der Waals surface area contributed by atoms with Crippen molar-refractivity contribution in [3.63, 3.8) is 0 Å². The lowest BCUT2D eigenvalue weighted by Gasteiger charge is -2.26. The first-order valence-electron chi connectivity index (χ1n) is 5.54. The third-order valence-electron chi connectivity index (χ3n) is 3.04. The van der Waals surface area contributed by atoms with Crippen molar-refractivity contribution in [1.82, 2.24) is 5.32 Å². The van der Waals surface area contributed by atoms with Gasteiger partial charge < -0.3 is 5.32 Å². The van der Waals surface area contributed by atoms with Crippen LogP contribution < -0.4 is 5.32 Å². The Labute approximate surface area is 97.5 Å². The van der Waals surface area contributed by atoms with Crippen LogP contribution in [-0.4, -0.2) is 31.0 Å². The molecule has 3 unspecified atom stereocenters. The Bertz CT molecular complexity index is 284. The van der Waals surface area contributed by atoms with Gasteiger partial charge in [-0.05, 0) is 39.7 Å². The van der Waals surface area contributed by atoms with E-state index in [1.807, 2.05) is 0 Å². The number of rotatable bonds is 4. The van der Waals surface area contributed by atoms with Gasteiger partial charge >= 0.3 is 0 Å². The minimum Gasteiger partial charge on any atom is -0.314 e. The van der Waals surface area contributed by atoms with E-state index in [0.29, 0.717) is 12.5 Å². The first kappa shape index (κ1) is 13.3. The van der Waals surface area contributed by atoms with Crippen LogP contribution in [0.5, 0.6) is 0 Å². The summed E-state index contributed by atoms with van der Waals surface area (Å²) in [5.41, 5.74) is 0. The Hall–Kier alpha value is 0.200. The fourth-order valence-corrected chi connectivity index (χ4v) is 3.65. The molecule has 1 aliphatic heterocycles. The third kappa shape index (κ3) is 3.61. The topological polar surface area (TPSA) is 46.2 Å². The van der Waals surface area contributed by atoms with E-state index in [0.717, 1.165) is 13.0 Å². The Balaban J connectivity index is 2.50. The molecule has 3 nitrogen and oxygen atoms in total. The first-order valence-corrected chi connectivity index (χ1v) is 7.59. The lowest BCUT2D eigenvalue weighted by atomic mass is 10.0. The maximum absolute atomic E-state index is 11.7. The molecule has 1 rings (SSSR count). The molecule has 0 aliphatic carbocycles. The number of alkyl halides is 1. The van der Waals surface area contributed by atoms with E-state index in [1.165, 1.54) is 19.8 Å². The maximum atomic E-state index is 11.7. The van der Waals surface area contributed by atoms with Gasteiger partial charge in [0.25, 0.3) is 0 Å². The van der Waals surface area contributed by atoms with E-state index in [9.17, 15) is 8.42 Å². The molecule has 15 heavy (non-hydrogen) atoms. The molecule has 1 N–H and O–H groups in total. The van der Waals surface area contributed by atoms with Gasteiger partial charge in [-0.25, -0.2) is 8.42 Å². The average molecular weight is 254 g/mol. The molecule has 5 heteroatoms. The van der Waals surface area contributed by atoms with Crippen LogP contribution in [0.15, 0.2) is 0 Å². The van der Waals surface area contributed by atoms with Crippen LogP contribution in [0.4, 0.5) is 0 Å². The van der Waals surface area contributed by atoms with Gasteiger partial charge in [0.2, 0.25) is 0 Å². The van der Waals surface area contributed by atoms with Crippen molar-refractivity contribution in [3.8, 4) is 0 Å². The molecule has 1 heterocycles. The summed E-state index contributed by atoms with van der Waals surface area (Å²) >= 11 is 5.67. The number of hydrogen-bond donors (Lipinski definition) is 1. The second-order valence-electron chi connectivity index (χ2n) is 4.33. The molecular weight excluding hydrogens is 234 g/mol. The highest BCUT2D eigenvalue weighted by Crippen LogP contribution is 2.20. The van der Waals surface area contributed by atoms with Crippen molar-refractivity contribution >= 4 is 21.4 Å². The van der Waals surface area contributed by atoms with Crippen LogP contribution in [0.25, 0.3) is 0 Å². The van der Waals surface area contributed by atoms with Gasteiger partial charge in [0.1, 0.15) is 4.71 Å². The quantitative estimate of drug-likeness (QED) is 0.779. The Kier molecular flexibility index (Phi) is 4.87. The second-order valence-corrected chi connectivity index (χ2v) is 7.93. The summed E-state index contributed by atoms with van der Waals surface area (Å²) in [4.78, 5) is 0. The van der Waals surface area contributed by atoms with E-state index < -0.39 is 14.5 Å². The molecule has 0 amide bonds. The SMILES string of the molecule is CC(Cl)S(=O)(=O)C(C)CC1CCCCN1. The minimum atomic E-state index is -3.15. The zero-order chi connectivity index (χ0) is 11.5. The molecule has 0 bridgehead atoms. The predicted octanol–water partition coefficient (Wildman–Crippen LogP) is 1.91. The van der Waals surface area contributed by atoms with Crippen LogP contribution in [0, 0.1) is 0 Å². The standard InChI is InChI=1S/C10H20ClNO2S/c1-8(15(13,14)9(2)11)7-10-5-3-4-6-12-10/h8-10,12H,3-7H2,1-2H3. The fourth-order valence-electron chi connectivity index (χ4n) is 1.98. The minimum absolute atomic E-state index is 0.346. The largest absolute Gasteiger partial charge is 0.314 e. The number of hydrogen-bond acceptors (Lipinski definition) is 3. The van der Waals surface area contributed by atoms with Gasteiger partial charge in [0, 0.05) is 6.04 Å². The van der Waals surface area contributed by atoms with Gasteiger partial charge in [-0.15, -0.1) is 11.6 Å². The highest BCUT2D eigenvalue weighted by molar-refractivity contribution is 7.93. The zero-order valence-electron chi connectivity index (χ0n) is 9.37. The zero-order valence-corrected chi connectivity index (χ0v) is 10.9. The molecule has 0 aromatic carbocycles. The van der Waals surface area contributed by atoms with Gasteiger partial charge in [-0.1, -0.05) is 6.42 Å². The van der Waals surface area contributed by atoms with Gasteiger partial charge in [0.15, 0.2) is 9.84 Å². The molecule has 0 aromatic heterocycles. The Morgan fingerprint density at radius 3 is 2.53 bits per heavy atom. The van der Waals surface area contributed by atoms with Crippen molar-refractivity contribution in [2.24, 2.45) is 0 Å². The van der Waals surface area contributed by atoms with Crippen LogP contribution in [-0.2, 0) is 9.84 Å². The number of halogens is 1. The smallest absolute Gasteiger partial charge is 0.169 e. The Morgan fingerprint density at radius 1 is 1.40 bits per heavy atom. The van der Waals surface area contributed by atoms with E-state index in [-0.39, 0.29) is 5.25 Å². The molecule has 0 spiro atoms. The molecule has 3 atom stereocenters. The van der Waals surface area contributed by atoms with E-state index in [1.54, 1.807) is 6.92 Å². The van der Waals surface area contributed by atoms with E-state index in [4.69, 9.17) is 11.6 Å². The van der Waals surface area contributed by atoms with Crippen LogP contribution in [0.1, 0.15) is 39.5 Å². The fraction of sp³-hybridized carbons (Fsp3) is 1.00. The second kappa shape index (κ2) is 5.51. The van der Waals surface area contributed by atoms with E-state index >= 15 is 0 Å². The summed E-state index contributed by atoms with van der Waals surface area (Å²) in [6.07, 6.45) is 4.15. The monoisotopic (exact) mass is 253 g/mol. The summed E-state index contributed by atoms with van der Waals surface area (Å²) in [7, 11) is -3.15.